The van der Waals surface area contributed by atoms with Crippen LogP contribution in [0.2, 0.25) is 0 Å². The molecule has 16 heavy (non-hydrogen) atoms. The van der Waals surface area contributed by atoms with Gasteiger partial charge < -0.3 is 0 Å². The molecule has 3 nitrogen and oxygen atoms in total. The van der Waals surface area contributed by atoms with Crippen LogP contribution in [0.3, 0.4) is 0 Å². The molecule has 2 rings (SSSR count). The normalized spacial score (nSPS) is 35.6. The molecule has 0 aromatic carbocycles. The van der Waals surface area contributed by atoms with Crippen LogP contribution in [0, 0.1) is 17.3 Å². The lowest BCUT2D eigenvalue weighted by Crippen LogP contribution is -2.55. The van der Waals surface area contributed by atoms with Crippen LogP contribution in [0.4, 0.5) is 0 Å². The molecule has 0 bridgehead atoms. The monoisotopic (exact) mass is 241 g/mol. The van der Waals surface area contributed by atoms with Crippen LogP contribution >= 0.6 is 11.8 Å². The topological polar surface area (TPSA) is 46.2 Å². The Balaban J connectivity index is 2.29. The zero-order valence-corrected chi connectivity index (χ0v) is 10.7. The summed E-state index contributed by atoms with van der Waals surface area (Å²) in [6, 6.07) is 0. The van der Waals surface area contributed by atoms with Gasteiger partial charge in [0.15, 0.2) is 0 Å². The molecule has 2 atom stereocenters. The Bertz CT molecular complexity index is 308. The van der Waals surface area contributed by atoms with E-state index in [1.165, 1.54) is 5.75 Å². The quantitative estimate of drug-likeness (QED) is 0.712. The van der Waals surface area contributed by atoms with Crippen LogP contribution in [-0.4, -0.2) is 23.3 Å². The molecule has 2 aliphatic rings. The van der Waals surface area contributed by atoms with Crippen molar-refractivity contribution < 1.29 is 9.59 Å². The third kappa shape index (κ3) is 1.99. The molecule has 2 heterocycles. The molecule has 0 saturated carbocycles. The Kier molecular flexibility index (Phi) is 3.29. The van der Waals surface area contributed by atoms with Crippen molar-refractivity contribution >= 4 is 23.6 Å². The molecule has 0 aliphatic carbocycles. The van der Waals surface area contributed by atoms with Gasteiger partial charge in [-0.15, -0.1) is 0 Å². The zero-order chi connectivity index (χ0) is 11.8. The number of thioether (sulfide) groups is 1. The first-order valence-electron chi connectivity index (χ1n) is 5.97. The first-order valence-corrected chi connectivity index (χ1v) is 7.12. The van der Waals surface area contributed by atoms with Gasteiger partial charge in [0.2, 0.25) is 11.8 Å². The van der Waals surface area contributed by atoms with Crippen LogP contribution in [0.5, 0.6) is 0 Å². The lowest BCUT2D eigenvalue weighted by molar-refractivity contribution is -0.145. The van der Waals surface area contributed by atoms with E-state index < -0.39 is 0 Å². The fourth-order valence-corrected chi connectivity index (χ4v) is 4.56. The third-order valence-electron chi connectivity index (χ3n) is 3.74. The van der Waals surface area contributed by atoms with Crippen LogP contribution < -0.4 is 5.32 Å². The first-order chi connectivity index (χ1) is 7.55. The summed E-state index contributed by atoms with van der Waals surface area (Å²) in [5.74, 6) is 2.33. The number of carbonyl (C=O) groups excluding carboxylic acids is 2. The second-order valence-electron chi connectivity index (χ2n) is 5.33. The predicted molar refractivity (Wildman–Crippen MR) is 65.1 cm³/mol. The van der Waals surface area contributed by atoms with Crippen molar-refractivity contribution in [2.75, 3.05) is 11.5 Å². The van der Waals surface area contributed by atoms with Crippen molar-refractivity contribution in [2.24, 2.45) is 17.3 Å². The van der Waals surface area contributed by atoms with Crippen LogP contribution in [0.25, 0.3) is 0 Å². The highest BCUT2D eigenvalue weighted by molar-refractivity contribution is 7.99. The van der Waals surface area contributed by atoms with E-state index in [0.29, 0.717) is 12.3 Å². The molecule has 2 amide bonds. The summed E-state index contributed by atoms with van der Waals surface area (Å²) in [4.78, 5) is 23.6. The minimum absolute atomic E-state index is 0.0120. The van der Waals surface area contributed by atoms with Crippen molar-refractivity contribution in [3.63, 3.8) is 0 Å². The Morgan fingerprint density at radius 1 is 1.44 bits per heavy atom. The van der Waals surface area contributed by atoms with E-state index in [1.807, 2.05) is 11.8 Å². The molecule has 2 aliphatic heterocycles. The molecule has 4 heteroatoms. The Hall–Kier alpha value is -0.510. The average Bonchev–Trinajstić information content (AvgIpc) is 2.16. The number of hydrogen-bond donors (Lipinski definition) is 1. The summed E-state index contributed by atoms with van der Waals surface area (Å²) in [6.07, 6.45) is 2.70. The lowest BCUT2D eigenvalue weighted by atomic mass is 9.64. The van der Waals surface area contributed by atoms with Gasteiger partial charge in [-0.1, -0.05) is 13.8 Å². The van der Waals surface area contributed by atoms with Crippen molar-refractivity contribution in [1.82, 2.24) is 5.32 Å². The summed E-state index contributed by atoms with van der Waals surface area (Å²) in [5, 5.41) is 2.50. The summed E-state index contributed by atoms with van der Waals surface area (Å²) in [5.41, 5.74) is -0.0590. The smallest absolute Gasteiger partial charge is 0.230 e. The second-order valence-corrected chi connectivity index (χ2v) is 6.43. The number of carbonyl (C=O) groups is 2. The average molecular weight is 241 g/mol. The molecule has 1 N–H and O–H groups in total. The fourth-order valence-electron chi connectivity index (χ4n) is 3.24. The van der Waals surface area contributed by atoms with Gasteiger partial charge in [-0.2, -0.15) is 11.8 Å². The molecule has 90 valence electrons. The maximum Gasteiger partial charge on any atom is 0.230 e. The molecule has 0 aromatic rings. The zero-order valence-electron chi connectivity index (χ0n) is 9.91. The van der Waals surface area contributed by atoms with Gasteiger partial charge in [0.05, 0.1) is 0 Å². The van der Waals surface area contributed by atoms with Crippen molar-refractivity contribution in [2.45, 2.75) is 33.1 Å². The number of piperidine rings is 1. The van der Waals surface area contributed by atoms with Gasteiger partial charge in [0.25, 0.3) is 0 Å². The van der Waals surface area contributed by atoms with Gasteiger partial charge >= 0.3 is 0 Å². The highest BCUT2D eigenvalue weighted by atomic mass is 32.2. The van der Waals surface area contributed by atoms with Crippen molar-refractivity contribution in [3.8, 4) is 0 Å². The first kappa shape index (κ1) is 12.0. The van der Waals surface area contributed by atoms with Crippen molar-refractivity contribution in [3.05, 3.63) is 0 Å². The molecular formula is C12H19NO2S. The summed E-state index contributed by atoms with van der Waals surface area (Å²) < 4.78 is 0. The van der Waals surface area contributed by atoms with Gasteiger partial charge in [0.1, 0.15) is 0 Å². The van der Waals surface area contributed by atoms with Crippen LogP contribution in [0.15, 0.2) is 0 Å². The molecule has 2 unspecified atom stereocenters. The van der Waals surface area contributed by atoms with Crippen LogP contribution in [-0.2, 0) is 9.59 Å². The standard InChI is InChI=1S/C12H19NO2S/c1-8(2)10-11(15)13-9(14)6-12(10)4-3-5-16-7-12/h8,10H,3-7H2,1-2H3,(H,13,14,15). The largest absolute Gasteiger partial charge is 0.296 e. The van der Waals surface area contributed by atoms with E-state index in [0.717, 1.165) is 18.6 Å². The van der Waals surface area contributed by atoms with E-state index in [9.17, 15) is 9.59 Å². The molecule has 0 aromatic heterocycles. The number of amides is 2. The fraction of sp³-hybridized carbons (Fsp3) is 0.833. The van der Waals surface area contributed by atoms with Gasteiger partial charge in [-0.3, -0.25) is 14.9 Å². The predicted octanol–water partition coefficient (Wildman–Crippen LogP) is 1.82. The van der Waals surface area contributed by atoms with Gasteiger partial charge in [-0.25, -0.2) is 0 Å². The maximum absolute atomic E-state index is 12.0. The molecule has 2 fully saturated rings. The Morgan fingerprint density at radius 3 is 2.75 bits per heavy atom. The van der Waals surface area contributed by atoms with E-state index in [1.54, 1.807) is 0 Å². The highest BCUT2D eigenvalue weighted by Crippen LogP contribution is 2.48. The number of rotatable bonds is 1. The number of nitrogens with one attached hydrogen (secondary N) is 1. The van der Waals surface area contributed by atoms with E-state index in [2.05, 4.69) is 19.2 Å². The van der Waals surface area contributed by atoms with Crippen LogP contribution in [0.1, 0.15) is 33.1 Å². The Labute approximate surface area is 101 Å². The van der Waals surface area contributed by atoms with E-state index in [-0.39, 0.29) is 23.1 Å². The third-order valence-corrected chi connectivity index (χ3v) is 5.09. The summed E-state index contributed by atoms with van der Waals surface area (Å²) in [6.45, 7) is 4.17. The summed E-state index contributed by atoms with van der Waals surface area (Å²) >= 11 is 1.89. The second kappa shape index (κ2) is 4.40. The van der Waals surface area contributed by atoms with Gasteiger partial charge in [0, 0.05) is 18.1 Å². The summed E-state index contributed by atoms with van der Waals surface area (Å²) in [7, 11) is 0. The highest BCUT2D eigenvalue weighted by Gasteiger charge is 2.50. The van der Waals surface area contributed by atoms with E-state index in [4.69, 9.17) is 0 Å². The van der Waals surface area contributed by atoms with Gasteiger partial charge in [-0.05, 0) is 29.9 Å². The molecule has 1 spiro atoms. The van der Waals surface area contributed by atoms with E-state index >= 15 is 0 Å². The molecule has 0 radical (unpaired) electrons. The molecule has 2 saturated heterocycles. The van der Waals surface area contributed by atoms with Crippen molar-refractivity contribution in [1.29, 1.82) is 0 Å². The number of imide groups is 1. The Morgan fingerprint density at radius 2 is 2.19 bits per heavy atom. The SMILES string of the molecule is CC(C)C1C(=O)NC(=O)CC12CCCSC2. The number of hydrogen-bond acceptors (Lipinski definition) is 3. The minimum atomic E-state index is -0.0793. The maximum atomic E-state index is 12.0. The lowest BCUT2D eigenvalue weighted by Gasteiger charge is -2.46. The minimum Gasteiger partial charge on any atom is -0.296 e. The molecular weight excluding hydrogens is 222 g/mol.